The minimum absolute atomic E-state index is 0.0490. The van der Waals surface area contributed by atoms with Gasteiger partial charge in [-0.05, 0) is 31.2 Å². The number of aromatic nitrogens is 2. The Morgan fingerprint density at radius 2 is 2.15 bits per heavy atom. The molecule has 2 amide bonds. The Hall–Kier alpha value is -1.98. The average Bonchev–Trinajstić information content (AvgIpc) is 3.15. The molecule has 1 saturated carbocycles. The van der Waals surface area contributed by atoms with E-state index in [1.165, 1.54) is 41.4 Å². The molecule has 0 aromatic carbocycles. The molecule has 2 aromatic rings. The van der Waals surface area contributed by atoms with Crippen LogP contribution in [-0.2, 0) is 14.3 Å². The molecule has 0 saturated heterocycles. The highest BCUT2D eigenvalue weighted by molar-refractivity contribution is 8.01. The molecule has 0 spiro atoms. The van der Waals surface area contributed by atoms with Gasteiger partial charge in [-0.2, -0.15) is 0 Å². The van der Waals surface area contributed by atoms with Crippen LogP contribution in [0.1, 0.15) is 37.0 Å². The summed E-state index contributed by atoms with van der Waals surface area (Å²) in [6, 6.07) is 1.84. The molecule has 144 valence electrons. The molecule has 0 bridgehead atoms. The fourth-order valence-electron chi connectivity index (χ4n) is 2.30. The number of anilines is 2. The zero-order valence-corrected chi connectivity index (χ0v) is 17.2. The van der Waals surface area contributed by atoms with Crippen molar-refractivity contribution in [3.05, 3.63) is 17.0 Å². The number of esters is 1. The highest BCUT2D eigenvalue weighted by atomic mass is 32.2. The first kappa shape index (κ1) is 19.8. The van der Waals surface area contributed by atoms with Gasteiger partial charge in [-0.1, -0.05) is 23.1 Å². The number of thioether (sulfide) groups is 1. The number of rotatable bonds is 8. The predicted octanol–water partition coefficient (Wildman–Crippen LogP) is 3.02. The van der Waals surface area contributed by atoms with Crippen molar-refractivity contribution in [3.8, 4) is 0 Å². The van der Waals surface area contributed by atoms with Crippen LogP contribution in [0.25, 0.3) is 0 Å². The van der Waals surface area contributed by atoms with E-state index in [2.05, 4.69) is 15.5 Å². The van der Waals surface area contributed by atoms with Crippen LogP contribution in [0.4, 0.5) is 10.1 Å². The van der Waals surface area contributed by atoms with E-state index >= 15 is 0 Å². The largest absolute Gasteiger partial charge is 0.462 e. The minimum atomic E-state index is -0.458. The molecule has 1 N–H and O–H groups in total. The third kappa shape index (κ3) is 5.05. The van der Waals surface area contributed by atoms with Gasteiger partial charge in [-0.25, -0.2) is 4.79 Å². The first-order valence-electron chi connectivity index (χ1n) is 8.30. The van der Waals surface area contributed by atoms with E-state index in [1.54, 1.807) is 23.3 Å². The van der Waals surface area contributed by atoms with Gasteiger partial charge in [-0.3, -0.25) is 14.5 Å². The third-order valence-electron chi connectivity index (χ3n) is 3.59. The summed E-state index contributed by atoms with van der Waals surface area (Å²) in [5.41, 5.74) is 0.347. The highest BCUT2D eigenvalue weighted by Crippen LogP contribution is 2.35. The molecule has 27 heavy (non-hydrogen) atoms. The molecule has 8 nitrogen and oxygen atoms in total. The number of thiophene rings is 1. The van der Waals surface area contributed by atoms with Gasteiger partial charge in [0.2, 0.25) is 16.9 Å². The SMILES string of the molecule is CCOC(=O)c1ccsc1NC(=O)CSc1nnc(N(C(C)=O)C2CC2)s1. The topological polar surface area (TPSA) is 101 Å². The molecule has 2 heterocycles. The number of hydrogen-bond donors (Lipinski definition) is 1. The number of ether oxygens (including phenoxy) is 1. The number of amides is 2. The van der Waals surface area contributed by atoms with Crippen LogP contribution in [0.2, 0.25) is 0 Å². The molecule has 2 aromatic heterocycles. The van der Waals surface area contributed by atoms with Crippen LogP contribution >= 0.6 is 34.4 Å². The van der Waals surface area contributed by atoms with Gasteiger partial charge in [0.05, 0.1) is 17.9 Å². The van der Waals surface area contributed by atoms with Gasteiger partial charge in [0, 0.05) is 13.0 Å². The fourth-order valence-corrected chi connectivity index (χ4v) is 4.85. The summed E-state index contributed by atoms with van der Waals surface area (Å²) in [5.74, 6) is -0.638. The quantitative estimate of drug-likeness (QED) is 0.393. The Kier molecular flexibility index (Phi) is 6.45. The Bertz CT molecular complexity index is 846. The molecule has 1 aliphatic carbocycles. The lowest BCUT2D eigenvalue weighted by Crippen LogP contribution is -2.30. The van der Waals surface area contributed by atoms with E-state index in [0.717, 1.165) is 12.8 Å². The van der Waals surface area contributed by atoms with Gasteiger partial charge in [0.1, 0.15) is 5.00 Å². The monoisotopic (exact) mass is 426 g/mol. The molecular formula is C16H18N4O4S3. The summed E-state index contributed by atoms with van der Waals surface area (Å²) >= 11 is 3.80. The summed E-state index contributed by atoms with van der Waals surface area (Å²) in [5, 5.41) is 13.6. The first-order valence-corrected chi connectivity index (χ1v) is 11.0. The summed E-state index contributed by atoms with van der Waals surface area (Å²) in [6.07, 6.45) is 1.96. The molecule has 0 atom stereocenters. The van der Waals surface area contributed by atoms with E-state index in [4.69, 9.17) is 4.74 Å². The van der Waals surface area contributed by atoms with Crippen LogP contribution in [0.3, 0.4) is 0 Å². The summed E-state index contributed by atoms with van der Waals surface area (Å²) < 4.78 is 5.58. The van der Waals surface area contributed by atoms with Crippen molar-refractivity contribution >= 4 is 62.4 Å². The number of nitrogens with one attached hydrogen (secondary N) is 1. The van der Waals surface area contributed by atoms with E-state index in [9.17, 15) is 14.4 Å². The van der Waals surface area contributed by atoms with E-state index in [1.807, 2.05) is 0 Å². The van der Waals surface area contributed by atoms with Crippen molar-refractivity contribution < 1.29 is 19.1 Å². The molecule has 11 heteroatoms. The molecule has 3 rings (SSSR count). The maximum Gasteiger partial charge on any atom is 0.341 e. The highest BCUT2D eigenvalue weighted by Gasteiger charge is 2.34. The molecule has 0 aliphatic heterocycles. The summed E-state index contributed by atoms with van der Waals surface area (Å²) in [6.45, 7) is 3.52. The van der Waals surface area contributed by atoms with Crippen molar-refractivity contribution in [2.75, 3.05) is 22.6 Å². The third-order valence-corrected chi connectivity index (χ3v) is 6.48. The Morgan fingerprint density at radius 3 is 2.81 bits per heavy atom. The second-order valence-electron chi connectivity index (χ2n) is 5.69. The second-order valence-corrected chi connectivity index (χ2v) is 8.79. The molecule has 0 unspecified atom stereocenters. The normalized spacial score (nSPS) is 13.3. The first-order chi connectivity index (χ1) is 13.0. The van der Waals surface area contributed by atoms with Gasteiger partial charge in [0.25, 0.3) is 0 Å². The van der Waals surface area contributed by atoms with Gasteiger partial charge < -0.3 is 10.1 Å². The predicted molar refractivity (Wildman–Crippen MR) is 106 cm³/mol. The standard InChI is InChI=1S/C16H18N4O4S3/c1-3-24-14(23)11-6-7-25-13(11)17-12(22)8-26-16-19-18-15(27-16)20(9(2)21)10-4-5-10/h6-7,10H,3-5,8H2,1-2H3,(H,17,22). The maximum absolute atomic E-state index is 12.2. The molecular weight excluding hydrogens is 408 g/mol. The lowest BCUT2D eigenvalue weighted by Gasteiger charge is -2.15. The van der Waals surface area contributed by atoms with Gasteiger partial charge in [0.15, 0.2) is 4.34 Å². The number of hydrogen-bond acceptors (Lipinski definition) is 9. The molecule has 1 aliphatic rings. The summed E-state index contributed by atoms with van der Waals surface area (Å²) in [4.78, 5) is 37.5. The zero-order valence-electron chi connectivity index (χ0n) is 14.8. The minimum Gasteiger partial charge on any atom is -0.462 e. The van der Waals surface area contributed by atoms with Crippen LogP contribution in [-0.4, -0.2) is 46.4 Å². The zero-order chi connectivity index (χ0) is 19.4. The summed E-state index contributed by atoms with van der Waals surface area (Å²) in [7, 11) is 0. The Balaban J connectivity index is 1.55. The number of carbonyl (C=O) groups is 3. The van der Waals surface area contributed by atoms with Crippen molar-refractivity contribution in [1.82, 2.24) is 10.2 Å². The smallest absolute Gasteiger partial charge is 0.341 e. The average molecular weight is 427 g/mol. The van der Waals surface area contributed by atoms with Crippen molar-refractivity contribution in [2.24, 2.45) is 0 Å². The van der Waals surface area contributed by atoms with Crippen LogP contribution in [0.15, 0.2) is 15.8 Å². The van der Waals surface area contributed by atoms with Crippen LogP contribution in [0.5, 0.6) is 0 Å². The van der Waals surface area contributed by atoms with E-state index < -0.39 is 5.97 Å². The molecule has 0 radical (unpaired) electrons. The maximum atomic E-state index is 12.2. The van der Waals surface area contributed by atoms with Crippen molar-refractivity contribution in [2.45, 2.75) is 37.1 Å². The lowest BCUT2D eigenvalue weighted by atomic mass is 10.3. The van der Waals surface area contributed by atoms with Crippen LogP contribution < -0.4 is 10.2 Å². The Morgan fingerprint density at radius 1 is 1.37 bits per heavy atom. The lowest BCUT2D eigenvalue weighted by molar-refractivity contribution is -0.116. The van der Waals surface area contributed by atoms with Crippen molar-refractivity contribution in [3.63, 3.8) is 0 Å². The second kappa shape index (κ2) is 8.81. The Labute approximate surface area is 168 Å². The number of carbonyl (C=O) groups excluding carboxylic acids is 3. The van der Waals surface area contributed by atoms with Crippen LogP contribution in [0, 0.1) is 0 Å². The molecule has 1 fully saturated rings. The van der Waals surface area contributed by atoms with E-state index in [0.29, 0.717) is 20.0 Å². The van der Waals surface area contributed by atoms with Gasteiger partial charge >= 0.3 is 5.97 Å². The fraction of sp³-hybridized carbons (Fsp3) is 0.438. The number of nitrogens with zero attached hydrogens (tertiary/aromatic N) is 3. The van der Waals surface area contributed by atoms with Gasteiger partial charge in [-0.15, -0.1) is 21.5 Å². The van der Waals surface area contributed by atoms with Crippen molar-refractivity contribution in [1.29, 1.82) is 0 Å². The van der Waals surface area contributed by atoms with E-state index in [-0.39, 0.29) is 30.2 Å².